The second-order valence-electron chi connectivity index (χ2n) is 6.23. The molecule has 0 aliphatic carbocycles. The summed E-state index contributed by atoms with van der Waals surface area (Å²) in [5, 5.41) is 5.36. The van der Waals surface area contributed by atoms with Crippen LogP contribution in [0.15, 0.2) is 59.5 Å². The fourth-order valence-electron chi connectivity index (χ4n) is 2.84. The van der Waals surface area contributed by atoms with Gasteiger partial charge in [-0.2, -0.15) is 5.10 Å². The summed E-state index contributed by atoms with van der Waals surface area (Å²) < 4.78 is 29.7. The van der Waals surface area contributed by atoms with E-state index in [9.17, 15) is 8.42 Å². The summed E-state index contributed by atoms with van der Waals surface area (Å²) in [6.07, 6.45) is 0. The van der Waals surface area contributed by atoms with Crippen LogP contribution < -0.4 is 4.72 Å². The van der Waals surface area contributed by atoms with Crippen molar-refractivity contribution in [3.63, 3.8) is 0 Å². The van der Waals surface area contributed by atoms with Gasteiger partial charge in [0.15, 0.2) is 0 Å². The second-order valence-corrected chi connectivity index (χ2v) is 9.15. The quantitative estimate of drug-likeness (QED) is 0.558. The van der Waals surface area contributed by atoms with E-state index in [1.807, 2.05) is 44.2 Å². The molecule has 0 saturated carbocycles. The Labute approximate surface area is 161 Å². The summed E-state index contributed by atoms with van der Waals surface area (Å²) >= 11 is 1.48. The Hall–Kier alpha value is -2.55. The first-order valence-electron chi connectivity index (χ1n) is 8.41. The van der Waals surface area contributed by atoms with Crippen LogP contribution in [0.25, 0.3) is 16.2 Å². The van der Waals surface area contributed by atoms with Crippen LogP contribution in [0.5, 0.6) is 0 Å². The second kappa shape index (κ2) is 6.88. The molecular formula is C19H18N4O2S2. The lowest BCUT2D eigenvalue weighted by Gasteiger charge is -2.08. The molecule has 138 valence electrons. The molecule has 2 aromatic heterocycles. The molecule has 4 rings (SSSR count). The minimum Gasteiger partial charge on any atom is -0.217 e. The summed E-state index contributed by atoms with van der Waals surface area (Å²) in [5.74, 6) is 0. The largest absolute Gasteiger partial charge is 0.240 e. The zero-order valence-corrected chi connectivity index (χ0v) is 16.5. The van der Waals surface area contributed by atoms with E-state index in [0.717, 1.165) is 32.5 Å². The average molecular weight is 399 g/mol. The third-order valence-corrected chi connectivity index (χ3v) is 6.45. The molecule has 0 spiro atoms. The van der Waals surface area contributed by atoms with Gasteiger partial charge in [0, 0.05) is 5.56 Å². The van der Waals surface area contributed by atoms with Gasteiger partial charge in [-0.15, -0.1) is 0 Å². The first-order valence-corrected chi connectivity index (χ1v) is 10.7. The monoisotopic (exact) mass is 398 g/mol. The molecule has 0 bridgehead atoms. The van der Waals surface area contributed by atoms with Crippen molar-refractivity contribution in [3.8, 4) is 11.3 Å². The Bertz CT molecular complexity index is 1190. The molecule has 0 radical (unpaired) electrons. The SMILES string of the molecule is Cc1ccc(S(=O)(=O)NCc2c(-c3ccccc3)nc3sc(C)nn23)cc1. The zero-order chi connectivity index (χ0) is 19.0. The van der Waals surface area contributed by atoms with E-state index in [2.05, 4.69) is 14.8 Å². The van der Waals surface area contributed by atoms with Crippen molar-refractivity contribution in [2.45, 2.75) is 25.3 Å². The molecule has 1 N–H and O–H groups in total. The zero-order valence-electron chi connectivity index (χ0n) is 14.9. The first-order chi connectivity index (χ1) is 12.9. The van der Waals surface area contributed by atoms with Crippen LogP contribution in [0, 0.1) is 13.8 Å². The predicted molar refractivity (Wildman–Crippen MR) is 106 cm³/mol. The van der Waals surface area contributed by atoms with E-state index in [-0.39, 0.29) is 11.4 Å². The Balaban J connectivity index is 1.71. The highest BCUT2D eigenvalue weighted by Crippen LogP contribution is 2.27. The number of hydrogen-bond donors (Lipinski definition) is 1. The van der Waals surface area contributed by atoms with Gasteiger partial charge >= 0.3 is 0 Å². The Kier molecular flexibility index (Phi) is 4.55. The fraction of sp³-hybridized carbons (Fsp3) is 0.158. The number of benzene rings is 2. The molecule has 2 heterocycles. The molecule has 0 aliphatic heterocycles. The maximum Gasteiger partial charge on any atom is 0.240 e. The van der Waals surface area contributed by atoms with Gasteiger partial charge in [0.1, 0.15) is 5.01 Å². The predicted octanol–water partition coefficient (Wildman–Crippen LogP) is 3.55. The van der Waals surface area contributed by atoms with Crippen LogP contribution in [0.3, 0.4) is 0 Å². The number of fused-ring (bicyclic) bond motifs is 1. The minimum absolute atomic E-state index is 0.102. The average Bonchev–Trinajstić information content (AvgIpc) is 3.17. The van der Waals surface area contributed by atoms with Crippen molar-refractivity contribution in [1.82, 2.24) is 19.3 Å². The lowest BCUT2D eigenvalue weighted by atomic mass is 10.1. The molecule has 0 unspecified atom stereocenters. The van der Waals surface area contributed by atoms with Crippen LogP contribution in [0.4, 0.5) is 0 Å². The van der Waals surface area contributed by atoms with Gasteiger partial charge in [-0.1, -0.05) is 59.4 Å². The standard InChI is InChI=1S/C19H18N4O2S2/c1-13-8-10-16(11-9-13)27(24,25)20-12-17-18(15-6-4-3-5-7-15)21-19-23(17)22-14(2)26-19/h3-11,20H,12H2,1-2H3. The molecule has 2 aromatic carbocycles. The van der Waals surface area contributed by atoms with Gasteiger partial charge in [0.25, 0.3) is 0 Å². The van der Waals surface area contributed by atoms with E-state index in [1.54, 1.807) is 28.8 Å². The van der Waals surface area contributed by atoms with Gasteiger partial charge in [0.05, 0.1) is 22.8 Å². The van der Waals surface area contributed by atoms with Crippen molar-refractivity contribution < 1.29 is 8.42 Å². The molecule has 0 amide bonds. The number of aryl methyl sites for hydroxylation is 2. The minimum atomic E-state index is -3.63. The molecule has 27 heavy (non-hydrogen) atoms. The smallest absolute Gasteiger partial charge is 0.217 e. The number of rotatable bonds is 5. The molecular weight excluding hydrogens is 380 g/mol. The number of hydrogen-bond acceptors (Lipinski definition) is 5. The lowest BCUT2D eigenvalue weighted by molar-refractivity contribution is 0.579. The molecule has 0 aliphatic rings. The van der Waals surface area contributed by atoms with Crippen LogP contribution in [-0.4, -0.2) is 23.0 Å². The maximum absolute atomic E-state index is 12.7. The van der Waals surface area contributed by atoms with E-state index < -0.39 is 10.0 Å². The summed E-state index contributed by atoms with van der Waals surface area (Å²) in [7, 11) is -3.63. The van der Waals surface area contributed by atoms with E-state index in [0.29, 0.717) is 0 Å². The van der Waals surface area contributed by atoms with Crippen molar-refractivity contribution >= 4 is 26.3 Å². The lowest BCUT2D eigenvalue weighted by Crippen LogP contribution is -2.24. The molecule has 8 heteroatoms. The molecule has 0 atom stereocenters. The number of sulfonamides is 1. The van der Waals surface area contributed by atoms with Crippen LogP contribution in [0.1, 0.15) is 16.3 Å². The molecule has 4 aromatic rings. The third kappa shape index (κ3) is 3.51. The Morgan fingerprint density at radius 2 is 1.74 bits per heavy atom. The molecule has 0 fully saturated rings. The number of nitrogens with zero attached hydrogens (tertiary/aromatic N) is 3. The summed E-state index contributed by atoms with van der Waals surface area (Å²) in [4.78, 5) is 5.66. The third-order valence-electron chi connectivity index (χ3n) is 4.21. The van der Waals surface area contributed by atoms with Crippen molar-refractivity contribution in [3.05, 3.63) is 70.9 Å². The summed E-state index contributed by atoms with van der Waals surface area (Å²) in [5.41, 5.74) is 3.39. The van der Waals surface area contributed by atoms with Gasteiger partial charge < -0.3 is 0 Å². The van der Waals surface area contributed by atoms with E-state index >= 15 is 0 Å². The topological polar surface area (TPSA) is 76.4 Å². The highest BCUT2D eigenvalue weighted by molar-refractivity contribution is 7.89. The summed E-state index contributed by atoms with van der Waals surface area (Å²) in [6, 6.07) is 16.5. The van der Waals surface area contributed by atoms with Crippen LogP contribution in [-0.2, 0) is 16.6 Å². The van der Waals surface area contributed by atoms with Crippen molar-refractivity contribution in [1.29, 1.82) is 0 Å². The number of imidazole rings is 1. The maximum atomic E-state index is 12.7. The molecule has 0 saturated heterocycles. The van der Waals surface area contributed by atoms with Crippen LogP contribution >= 0.6 is 11.3 Å². The number of aromatic nitrogens is 3. The Morgan fingerprint density at radius 1 is 1.04 bits per heavy atom. The normalized spacial score (nSPS) is 11.9. The van der Waals surface area contributed by atoms with E-state index in [4.69, 9.17) is 0 Å². The Morgan fingerprint density at radius 3 is 2.44 bits per heavy atom. The van der Waals surface area contributed by atoms with Gasteiger partial charge in [0.2, 0.25) is 15.0 Å². The van der Waals surface area contributed by atoms with Gasteiger partial charge in [-0.3, -0.25) is 0 Å². The number of nitrogens with one attached hydrogen (secondary N) is 1. The van der Waals surface area contributed by atoms with Crippen molar-refractivity contribution in [2.24, 2.45) is 0 Å². The molecule has 6 nitrogen and oxygen atoms in total. The highest BCUT2D eigenvalue weighted by atomic mass is 32.2. The fourth-order valence-corrected chi connectivity index (χ4v) is 4.58. The van der Waals surface area contributed by atoms with E-state index in [1.165, 1.54) is 11.3 Å². The van der Waals surface area contributed by atoms with Crippen LogP contribution in [0.2, 0.25) is 0 Å². The van der Waals surface area contributed by atoms with Gasteiger partial charge in [-0.25, -0.2) is 22.6 Å². The van der Waals surface area contributed by atoms with Gasteiger partial charge in [-0.05, 0) is 26.0 Å². The highest BCUT2D eigenvalue weighted by Gasteiger charge is 2.20. The summed E-state index contributed by atoms with van der Waals surface area (Å²) in [6.45, 7) is 3.93. The van der Waals surface area contributed by atoms with Crippen molar-refractivity contribution in [2.75, 3.05) is 0 Å². The first kappa shape index (κ1) is 17.8.